The van der Waals surface area contributed by atoms with Crippen LogP contribution in [0.25, 0.3) is 0 Å². The lowest BCUT2D eigenvalue weighted by molar-refractivity contribution is 0.286. The highest BCUT2D eigenvalue weighted by Crippen LogP contribution is 2.16. The molecule has 102 valence electrons. The van der Waals surface area contributed by atoms with Gasteiger partial charge in [-0.15, -0.1) is 0 Å². The summed E-state index contributed by atoms with van der Waals surface area (Å²) in [5.74, 6) is -0.235. The first kappa shape index (κ1) is 14.9. The average molecular weight is 285 g/mol. The summed E-state index contributed by atoms with van der Waals surface area (Å²) in [6, 6.07) is -0.493. The van der Waals surface area contributed by atoms with E-state index in [-0.39, 0.29) is 30.4 Å². The molecule has 1 unspecified atom stereocenters. The Labute approximate surface area is 103 Å². The van der Waals surface area contributed by atoms with E-state index in [1.165, 1.54) is 4.31 Å². The maximum Gasteiger partial charge on any atom is 0.214 e. The summed E-state index contributed by atoms with van der Waals surface area (Å²) in [6.45, 7) is 1.63. The number of aliphatic hydroxyl groups is 1. The molecule has 0 aromatic carbocycles. The van der Waals surface area contributed by atoms with E-state index in [2.05, 4.69) is 0 Å². The summed E-state index contributed by atoms with van der Waals surface area (Å²) in [6.07, 6.45) is 0.842. The Hall–Kier alpha value is -0.180. The second-order valence-corrected chi connectivity index (χ2v) is 8.59. The van der Waals surface area contributed by atoms with Gasteiger partial charge in [-0.3, -0.25) is 0 Å². The fraction of sp³-hybridized carbons (Fsp3) is 1.00. The summed E-state index contributed by atoms with van der Waals surface area (Å²) >= 11 is 0. The minimum absolute atomic E-state index is 0.0283. The second kappa shape index (κ2) is 5.64. The first-order chi connectivity index (χ1) is 7.78. The van der Waals surface area contributed by atoms with E-state index in [0.29, 0.717) is 12.8 Å². The summed E-state index contributed by atoms with van der Waals surface area (Å²) < 4.78 is 47.8. The van der Waals surface area contributed by atoms with Gasteiger partial charge in [0.1, 0.15) is 0 Å². The monoisotopic (exact) mass is 285 g/mol. The van der Waals surface area contributed by atoms with E-state index in [9.17, 15) is 16.8 Å². The van der Waals surface area contributed by atoms with Crippen LogP contribution in [0.4, 0.5) is 0 Å². The highest BCUT2D eigenvalue weighted by Gasteiger charge is 2.34. The molecule has 1 rings (SSSR count). The van der Waals surface area contributed by atoms with E-state index in [4.69, 9.17) is 5.11 Å². The minimum atomic E-state index is -3.40. The Balaban J connectivity index is 2.67. The van der Waals surface area contributed by atoms with Gasteiger partial charge in [0.15, 0.2) is 9.84 Å². The molecule has 0 aromatic rings. The number of sulfone groups is 1. The van der Waals surface area contributed by atoms with Crippen LogP contribution in [0.1, 0.15) is 19.8 Å². The van der Waals surface area contributed by atoms with Crippen LogP contribution in [-0.2, 0) is 19.9 Å². The normalized spacial score (nSPS) is 25.9. The maximum absolute atomic E-state index is 11.9. The lowest BCUT2D eigenvalue weighted by atomic mass is 10.4. The fourth-order valence-electron chi connectivity index (χ4n) is 1.91. The van der Waals surface area contributed by atoms with Crippen molar-refractivity contribution in [2.45, 2.75) is 25.8 Å². The van der Waals surface area contributed by atoms with E-state index in [0.717, 1.165) is 0 Å². The number of hydrogen-bond donors (Lipinski definition) is 1. The standard InChI is InChI=1S/C9H19NO5S2/c1-9-8-16(12,13)7-4-10(9)17(14,15)6-3-2-5-11/h9,11H,2-8H2,1H3. The van der Waals surface area contributed by atoms with Gasteiger partial charge in [0, 0.05) is 19.2 Å². The van der Waals surface area contributed by atoms with E-state index in [1.54, 1.807) is 6.92 Å². The summed E-state index contributed by atoms with van der Waals surface area (Å²) in [4.78, 5) is 0. The van der Waals surface area contributed by atoms with Gasteiger partial charge < -0.3 is 5.11 Å². The number of sulfonamides is 1. The highest BCUT2D eigenvalue weighted by atomic mass is 32.2. The molecule has 1 fully saturated rings. The predicted octanol–water partition coefficient (Wildman–Crippen LogP) is -0.792. The molecule has 1 aliphatic heterocycles. The molecule has 0 radical (unpaired) electrons. The number of hydrogen-bond acceptors (Lipinski definition) is 5. The number of aliphatic hydroxyl groups excluding tert-OH is 1. The third-order valence-corrected chi connectivity index (χ3v) is 6.63. The molecule has 17 heavy (non-hydrogen) atoms. The van der Waals surface area contributed by atoms with Gasteiger partial charge in [0.05, 0.1) is 17.3 Å². The van der Waals surface area contributed by atoms with E-state index in [1.807, 2.05) is 0 Å². The minimum Gasteiger partial charge on any atom is -0.396 e. The van der Waals surface area contributed by atoms with Crippen molar-refractivity contribution in [1.29, 1.82) is 0 Å². The van der Waals surface area contributed by atoms with Crippen molar-refractivity contribution in [3.05, 3.63) is 0 Å². The second-order valence-electron chi connectivity index (χ2n) is 4.32. The Morgan fingerprint density at radius 3 is 2.53 bits per heavy atom. The highest BCUT2D eigenvalue weighted by molar-refractivity contribution is 7.92. The maximum atomic E-state index is 11.9. The number of nitrogens with zero attached hydrogens (tertiary/aromatic N) is 1. The van der Waals surface area contributed by atoms with Crippen molar-refractivity contribution in [2.75, 3.05) is 30.4 Å². The summed E-state index contributed by atoms with van der Waals surface area (Å²) in [7, 11) is -6.49. The van der Waals surface area contributed by atoms with Crippen LogP contribution in [0.15, 0.2) is 0 Å². The Kier molecular flexibility index (Phi) is 4.94. The quantitative estimate of drug-likeness (QED) is 0.668. The molecule has 0 aromatic heterocycles. The molecule has 6 nitrogen and oxygen atoms in total. The van der Waals surface area contributed by atoms with Crippen molar-refractivity contribution in [1.82, 2.24) is 4.31 Å². The smallest absolute Gasteiger partial charge is 0.214 e. The molecule has 1 aliphatic rings. The molecule has 0 saturated carbocycles. The van der Waals surface area contributed by atoms with Crippen molar-refractivity contribution in [3.8, 4) is 0 Å². The summed E-state index contributed by atoms with van der Waals surface area (Å²) in [5, 5.41) is 8.61. The first-order valence-corrected chi connectivity index (χ1v) is 9.02. The van der Waals surface area contributed by atoms with E-state index < -0.39 is 25.9 Å². The van der Waals surface area contributed by atoms with Gasteiger partial charge in [-0.2, -0.15) is 4.31 Å². The van der Waals surface area contributed by atoms with Crippen LogP contribution in [0, 0.1) is 0 Å². The van der Waals surface area contributed by atoms with Crippen molar-refractivity contribution in [2.24, 2.45) is 0 Å². The molecule has 1 atom stereocenters. The molecule has 8 heteroatoms. The molecular formula is C9H19NO5S2. The van der Waals surface area contributed by atoms with Gasteiger partial charge in [-0.1, -0.05) is 0 Å². The first-order valence-electron chi connectivity index (χ1n) is 5.59. The zero-order valence-corrected chi connectivity index (χ0v) is 11.5. The predicted molar refractivity (Wildman–Crippen MR) is 64.9 cm³/mol. The van der Waals surface area contributed by atoms with Crippen LogP contribution >= 0.6 is 0 Å². The molecule has 1 N–H and O–H groups in total. The average Bonchev–Trinajstić information content (AvgIpc) is 2.15. The molecule has 0 spiro atoms. The molecule has 1 saturated heterocycles. The Bertz CT molecular complexity index is 442. The largest absolute Gasteiger partial charge is 0.396 e. The third-order valence-electron chi connectivity index (χ3n) is 2.78. The fourth-order valence-corrected chi connectivity index (χ4v) is 5.47. The van der Waals surface area contributed by atoms with Crippen LogP contribution in [0.3, 0.4) is 0 Å². The van der Waals surface area contributed by atoms with Crippen LogP contribution in [-0.4, -0.2) is 62.7 Å². The SMILES string of the molecule is CC1CS(=O)(=O)CCN1S(=O)(=O)CCCCO. The van der Waals surface area contributed by atoms with Gasteiger partial charge in [0.25, 0.3) is 0 Å². The third kappa shape index (κ3) is 4.20. The molecular weight excluding hydrogens is 266 g/mol. The molecule has 0 bridgehead atoms. The van der Waals surface area contributed by atoms with Gasteiger partial charge >= 0.3 is 0 Å². The van der Waals surface area contributed by atoms with Crippen molar-refractivity contribution in [3.63, 3.8) is 0 Å². The van der Waals surface area contributed by atoms with Gasteiger partial charge in [-0.05, 0) is 19.8 Å². The zero-order chi connectivity index (χ0) is 13.1. The summed E-state index contributed by atoms with van der Waals surface area (Å²) in [5.41, 5.74) is 0. The number of unbranched alkanes of at least 4 members (excludes halogenated alkanes) is 1. The van der Waals surface area contributed by atoms with Gasteiger partial charge in [-0.25, -0.2) is 16.8 Å². The van der Waals surface area contributed by atoms with Crippen molar-refractivity contribution >= 4 is 19.9 Å². The zero-order valence-electron chi connectivity index (χ0n) is 9.87. The Morgan fingerprint density at radius 2 is 2.00 bits per heavy atom. The topological polar surface area (TPSA) is 91.8 Å². The lowest BCUT2D eigenvalue weighted by Crippen LogP contribution is -2.50. The molecule has 0 aliphatic carbocycles. The lowest BCUT2D eigenvalue weighted by Gasteiger charge is -2.32. The number of rotatable bonds is 5. The molecule has 0 amide bonds. The van der Waals surface area contributed by atoms with Gasteiger partial charge in [0.2, 0.25) is 10.0 Å². The van der Waals surface area contributed by atoms with Crippen LogP contribution in [0.5, 0.6) is 0 Å². The van der Waals surface area contributed by atoms with Crippen LogP contribution in [0.2, 0.25) is 0 Å². The van der Waals surface area contributed by atoms with E-state index >= 15 is 0 Å². The Morgan fingerprint density at radius 1 is 1.35 bits per heavy atom. The van der Waals surface area contributed by atoms with Crippen LogP contribution < -0.4 is 0 Å². The van der Waals surface area contributed by atoms with Crippen molar-refractivity contribution < 1.29 is 21.9 Å². The molecule has 1 heterocycles.